The lowest BCUT2D eigenvalue weighted by atomic mass is 9.95. The van der Waals surface area contributed by atoms with Crippen LogP contribution < -0.4 is 5.73 Å². The number of aromatic nitrogens is 1. The van der Waals surface area contributed by atoms with Gasteiger partial charge in [0, 0.05) is 16.0 Å². The fourth-order valence-electron chi connectivity index (χ4n) is 2.93. The molecule has 5 heteroatoms. The minimum absolute atomic E-state index is 0.628. The van der Waals surface area contributed by atoms with Gasteiger partial charge in [-0.2, -0.15) is 0 Å². The van der Waals surface area contributed by atoms with Crippen LogP contribution in [0.25, 0.3) is 10.2 Å². The van der Waals surface area contributed by atoms with Crippen LogP contribution in [0.3, 0.4) is 0 Å². The van der Waals surface area contributed by atoms with Gasteiger partial charge in [0.15, 0.2) is 0 Å². The van der Waals surface area contributed by atoms with Crippen molar-refractivity contribution in [3.8, 4) is 0 Å². The maximum atomic E-state index is 12.8. The number of fused-ring (bicyclic) bond motifs is 2. The molecule has 22 heavy (non-hydrogen) atoms. The van der Waals surface area contributed by atoms with Gasteiger partial charge in [-0.15, -0.1) is 11.3 Å². The zero-order valence-electron chi connectivity index (χ0n) is 12.0. The normalized spacial score (nSPS) is 15.6. The zero-order chi connectivity index (χ0) is 15.1. The van der Waals surface area contributed by atoms with Gasteiger partial charge >= 0.3 is 0 Å². The monoisotopic (exact) mass is 328 g/mol. The molecule has 0 bridgehead atoms. The summed E-state index contributed by atoms with van der Waals surface area (Å²) in [7, 11) is -1.24. The first-order chi connectivity index (χ1) is 10.7. The summed E-state index contributed by atoms with van der Waals surface area (Å²) in [6, 6.07) is 11.6. The third kappa shape index (κ3) is 2.25. The van der Waals surface area contributed by atoms with Gasteiger partial charge in [-0.05, 0) is 49.4 Å². The van der Waals surface area contributed by atoms with Crippen molar-refractivity contribution in [2.45, 2.75) is 34.8 Å². The predicted molar refractivity (Wildman–Crippen MR) is 91.8 cm³/mol. The molecule has 2 aromatic heterocycles. The number of nitrogens with zero attached hydrogens (tertiary/aromatic N) is 1. The molecule has 112 valence electrons. The van der Waals surface area contributed by atoms with Gasteiger partial charge in [0.05, 0.1) is 16.5 Å². The highest BCUT2D eigenvalue weighted by atomic mass is 32.2. The topological polar surface area (TPSA) is 56.0 Å². The largest absolute Gasteiger partial charge is 0.396 e. The minimum atomic E-state index is -1.24. The Hall–Kier alpha value is -1.72. The van der Waals surface area contributed by atoms with Gasteiger partial charge in [0.2, 0.25) is 0 Å². The molecule has 1 unspecified atom stereocenters. The molecule has 0 spiro atoms. The van der Waals surface area contributed by atoms with Gasteiger partial charge in [-0.1, -0.05) is 18.2 Å². The van der Waals surface area contributed by atoms with E-state index in [1.165, 1.54) is 35.4 Å². The highest BCUT2D eigenvalue weighted by molar-refractivity contribution is 7.87. The van der Waals surface area contributed by atoms with Crippen LogP contribution in [0.15, 0.2) is 45.5 Å². The van der Waals surface area contributed by atoms with Crippen molar-refractivity contribution >= 4 is 38.0 Å². The minimum Gasteiger partial charge on any atom is -0.396 e. The van der Waals surface area contributed by atoms with E-state index >= 15 is 0 Å². The smallest absolute Gasteiger partial charge is 0.126 e. The molecule has 4 rings (SSSR count). The molecule has 0 saturated heterocycles. The van der Waals surface area contributed by atoms with E-state index in [0.29, 0.717) is 5.69 Å². The Labute approximate surface area is 135 Å². The Balaban J connectivity index is 1.85. The van der Waals surface area contributed by atoms with Crippen molar-refractivity contribution in [3.05, 3.63) is 47.7 Å². The van der Waals surface area contributed by atoms with Gasteiger partial charge in [0.1, 0.15) is 9.04 Å². The van der Waals surface area contributed by atoms with E-state index in [1.54, 1.807) is 0 Å². The lowest BCUT2D eigenvalue weighted by Gasteiger charge is -2.14. The molecule has 0 fully saturated rings. The molecule has 2 heterocycles. The van der Waals surface area contributed by atoms with E-state index in [4.69, 9.17) is 10.7 Å². The van der Waals surface area contributed by atoms with Crippen molar-refractivity contribution in [2.24, 2.45) is 0 Å². The molecule has 0 radical (unpaired) electrons. The van der Waals surface area contributed by atoms with Crippen molar-refractivity contribution in [1.82, 2.24) is 4.98 Å². The molecular formula is C17H16N2OS2. The van der Waals surface area contributed by atoms with Crippen molar-refractivity contribution < 1.29 is 4.21 Å². The van der Waals surface area contributed by atoms with Gasteiger partial charge in [-0.3, -0.25) is 0 Å². The summed E-state index contributed by atoms with van der Waals surface area (Å²) in [4.78, 5) is 6.47. The molecule has 0 saturated carbocycles. The average molecular weight is 328 g/mol. The Morgan fingerprint density at radius 2 is 1.91 bits per heavy atom. The van der Waals surface area contributed by atoms with E-state index in [-0.39, 0.29) is 0 Å². The number of anilines is 1. The SMILES string of the molecule is Nc1c(S(=O)c2ccccc2)sc2nc3c(cc12)CCCC3. The number of benzene rings is 1. The molecular weight excluding hydrogens is 312 g/mol. The van der Waals surface area contributed by atoms with Gasteiger partial charge in [0.25, 0.3) is 0 Å². The molecule has 1 atom stereocenters. The van der Waals surface area contributed by atoms with Crippen LogP contribution in [-0.2, 0) is 23.6 Å². The number of aryl methyl sites for hydroxylation is 2. The molecule has 1 aromatic carbocycles. The maximum absolute atomic E-state index is 12.8. The Kier molecular flexibility index (Phi) is 3.47. The van der Waals surface area contributed by atoms with E-state index in [1.807, 2.05) is 30.3 Å². The summed E-state index contributed by atoms with van der Waals surface area (Å²) in [6.07, 6.45) is 4.53. The van der Waals surface area contributed by atoms with Crippen LogP contribution in [-0.4, -0.2) is 9.19 Å². The first-order valence-corrected chi connectivity index (χ1v) is 9.38. The lowest BCUT2D eigenvalue weighted by Crippen LogP contribution is -2.04. The summed E-state index contributed by atoms with van der Waals surface area (Å²) in [5, 5.41) is 0.963. The second kappa shape index (κ2) is 5.48. The number of nitrogen functional groups attached to an aromatic ring is 1. The first-order valence-electron chi connectivity index (χ1n) is 7.41. The van der Waals surface area contributed by atoms with E-state index in [0.717, 1.165) is 32.2 Å². The second-order valence-corrected chi connectivity index (χ2v) is 8.21. The molecule has 1 aliphatic rings. The van der Waals surface area contributed by atoms with Crippen LogP contribution in [0, 0.1) is 0 Å². The highest BCUT2D eigenvalue weighted by Gasteiger charge is 2.20. The third-order valence-electron chi connectivity index (χ3n) is 4.09. The van der Waals surface area contributed by atoms with Crippen LogP contribution in [0.4, 0.5) is 5.69 Å². The fraction of sp³-hybridized carbons (Fsp3) is 0.235. The standard InChI is InChI=1S/C17H16N2OS2/c18-15-13-10-11-6-4-5-9-14(11)19-16(13)21-17(15)22(20)12-7-2-1-3-8-12/h1-3,7-8,10H,4-6,9,18H2. The molecule has 2 N–H and O–H groups in total. The highest BCUT2D eigenvalue weighted by Crippen LogP contribution is 2.38. The number of hydrogen-bond donors (Lipinski definition) is 1. The summed E-state index contributed by atoms with van der Waals surface area (Å²) >= 11 is 1.46. The Bertz CT molecular complexity index is 871. The van der Waals surface area contributed by atoms with Crippen molar-refractivity contribution in [2.75, 3.05) is 5.73 Å². The van der Waals surface area contributed by atoms with Crippen LogP contribution in [0.1, 0.15) is 24.1 Å². The average Bonchev–Trinajstić information content (AvgIpc) is 2.89. The number of hydrogen-bond acceptors (Lipinski definition) is 4. The maximum Gasteiger partial charge on any atom is 0.126 e. The van der Waals surface area contributed by atoms with E-state index in [9.17, 15) is 4.21 Å². The Morgan fingerprint density at radius 3 is 2.73 bits per heavy atom. The predicted octanol–water partition coefficient (Wildman–Crippen LogP) is 3.92. The summed E-state index contributed by atoms with van der Waals surface area (Å²) in [5.74, 6) is 0. The van der Waals surface area contributed by atoms with Crippen LogP contribution in [0.5, 0.6) is 0 Å². The number of pyridine rings is 1. The summed E-state index contributed by atoms with van der Waals surface area (Å²) in [5.41, 5.74) is 9.41. The van der Waals surface area contributed by atoms with Crippen LogP contribution in [0.2, 0.25) is 0 Å². The van der Waals surface area contributed by atoms with E-state index in [2.05, 4.69) is 6.07 Å². The van der Waals surface area contributed by atoms with Gasteiger partial charge < -0.3 is 5.73 Å². The second-order valence-electron chi connectivity index (χ2n) is 5.54. The number of thiophene rings is 1. The number of rotatable bonds is 2. The number of nitrogens with two attached hydrogens (primary N) is 1. The molecule has 1 aliphatic carbocycles. The zero-order valence-corrected chi connectivity index (χ0v) is 13.7. The molecule has 3 aromatic rings. The quantitative estimate of drug-likeness (QED) is 0.775. The van der Waals surface area contributed by atoms with E-state index < -0.39 is 10.8 Å². The first kappa shape index (κ1) is 13.9. The Morgan fingerprint density at radius 1 is 1.14 bits per heavy atom. The molecule has 0 amide bonds. The lowest BCUT2D eigenvalue weighted by molar-refractivity contribution is 0.672. The van der Waals surface area contributed by atoms with Gasteiger partial charge in [-0.25, -0.2) is 9.19 Å². The summed E-state index contributed by atoms with van der Waals surface area (Å²) in [6.45, 7) is 0. The van der Waals surface area contributed by atoms with Crippen molar-refractivity contribution in [3.63, 3.8) is 0 Å². The third-order valence-corrected chi connectivity index (χ3v) is 6.96. The molecule has 3 nitrogen and oxygen atoms in total. The fourth-order valence-corrected chi connectivity index (χ4v) is 5.51. The van der Waals surface area contributed by atoms with Crippen molar-refractivity contribution in [1.29, 1.82) is 0 Å². The van der Waals surface area contributed by atoms with Crippen LogP contribution >= 0.6 is 11.3 Å². The summed E-state index contributed by atoms with van der Waals surface area (Å²) < 4.78 is 13.5. The molecule has 0 aliphatic heterocycles.